The zero-order valence-electron chi connectivity index (χ0n) is 10.1. The summed E-state index contributed by atoms with van der Waals surface area (Å²) in [5.74, 6) is 0. The zero-order chi connectivity index (χ0) is 12.8. The first-order valence-electron chi connectivity index (χ1n) is 5.79. The van der Waals surface area contributed by atoms with Crippen LogP contribution >= 0.6 is 0 Å². The summed E-state index contributed by atoms with van der Waals surface area (Å²) >= 11 is 0. The molecule has 0 aliphatic heterocycles. The Kier molecular flexibility index (Phi) is 3.96. The van der Waals surface area contributed by atoms with Crippen LogP contribution in [-0.4, -0.2) is 17.6 Å². The fourth-order valence-corrected chi connectivity index (χ4v) is 1.52. The number of rotatable bonds is 4. The van der Waals surface area contributed by atoms with Gasteiger partial charge in [0.25, 0.3) is 0 Å². The van der Waals surface area contributed by atoms with Gasteiger partial charge in [-0.2, -0.15) is 0 Å². The monoisotopic (exact) mass is 245 g/mol. The summed E-state index contributed by atoms with van der Waals surface area (Å²) in [5.41, 5.74) is 2.75. The van der Waals surface area contributed by atoms with E-state index in [1.807, 2.05) is 25.1 Å². The first-order chi connectivity index (χ1) is 8.79. The van der Waals surface area contributed by atoms with E-state index < -0.39 is 0 Å². The van der Waals surface area contributed by atoms with Crippen LogP contribution in [0, 0.1) is 0 Å². The smallest absolute Gasteiger partial charge is 0.315 e. The lowest BCUT2D eigenvalue weighted by molar-refractivity contribution is 0.241. The lowest BCUT2D eigenvalue weighted by atomic mass is 10.2. The molecule has 2 rings (SSSR count). The number of amides is 2. The number of nitrogens with one attached hydrogen (secondary N) is 2. The van der Waals surface area contributed by atoms with Gasteiger partial charge in [0, 0.05) is 24.8 Å². The molecule has 0 fully saturated rings. The third kappa shape index (κ3) is 3.10. The SMILES string of the molecule is CCNC(=O)NCc1ccc(-c2ccoc2)nc1. The maximum atomic E-state index is 11.2. The Labute approximate surface area is 105 Å². The summed E-state index contributed by atoms with van der Waals surface area (Å²) in [6, 6.07) is 5.52. The highest BCUT2D eigenvalue weighted by Gasteiger charge is 2.02. The number of carbonyl (C=O) groups is 1. The Balaban J connectivity index is 1.94. The molecule has 0 bridgehead atoms. The van der Waals surface area contributed by atoms with Crippen LogP contribution in [0.1, 0.15) is 12.5 Å². The van der Waals surface area contributed by atoms with E-state index in [1.165, 1.54) is 0 Å². The van der Waals surface area contributed by atoms with E-state index in [0.29, 0.717) is 13.1 Å². The molecule has 0 atom stereocenters. The highest BCUT2D eigenvalue weighted by Crippen LogP contribution is 2.16. The molecule has 2 amide bonds. The van der Waals surface area contributed by atoms with Crippen LogP contribution in [0.2, 0.25) is 0 Å². The second-order valence-electron chi connectivity index (χ2n) is 3.78. The lowest BCUT2D eigenvalue weighted by Crippen LogP contribution is -2.34. The van der Waals surface area contributed by atoms with Crippen molar-refractivity contribution >= 4 is 6.03 Å². The molecule has 5 heteroatoms. The van der Waals surface area contributed by atoms with Crippen LogP contribution in [0.4, 0.5) is 4.79 Å². The van der Waals surface area contributed by atoms with Crippen molar-refractivity contribution in [2.45, 2.75) is 13.5 Å². The van der Waals surface area contributed by atoms with Gasteiger partial charge in [0.2, 0.25) is 0 Å². The van der Waals surface area contributed by atoms with E-state index in [2.05, 4.69) is 15.6 Å². The molecule has 0 aromatic carbocycles. The molecule has 18 heavy (non-hydrogen) atoms. The third-order valence-electron chi connectivity index (χ3n) is 2.43. The molecule has 2 aromatic rings. The Morgan fingerprint density at radius 1 is 1.33 bits per heavy atom. The second kappa shape index (κ2) is 5.86. The van der Waals surface area contributed by atoms with E-state index in [9.17, 15) is 4.79 Å². The number of hydrogen-bond acceptors (Lipinski definition) is 3. The van der Waals surface area contributed by atoms with Gasteiger partial charge in [0.15, 0.2) is 0 Å². The predicted molar refractivity (Wildman–Crippen MR) is 67.9 cm³/mol. The average molecular weight is 245 g/mol. The minimum atomic E-state index is -0.170. The van der Waals surface area contributed by atoms with Gasteiger partial charge in [-0.05, 0) is 24.6 Å². The molecule has 0 radical (unpaired) electrons. The highest BCUT2D eigenvalue weighted by molar-refractivity contribution is 5.73. The predicted octanol–water partition coefficient (Wildman–Crippen LogP) is 2.16. The van der Waals surface area contributed by atoms with Crippen molar-refractivity contribution in [3.63, 3.8) is 0 Å². The molecular formula is C13H15N3O2. The van der Waals surface area contributed by atoms with Gasteiger partial charge in [-0.3, -0.25) is 4.98 Å². The van der Waals surface area contributed by atoms with Crippen molar-refractivity contribution in [2.75, 3.05) is 6.54 Å². The number of pyridine rings is 1. The van der Waals surface area contributed by atoms with Crippen molar-refractivity contribution < 1.29 is 9.21 Å². The second-order valence-corrected chi connectivity index (χ2v) is 3.78. The number of nitrogens with zero attached hydrogens (tertiary/aromatic N) is 1. The van der Waals surface area contributed by atoms with E-state index >= 15 is 0 Å². The quantitative estimate of drug-likeness (QED) is 0.867. The Morgan fingerprint density at radius 2 is 2.22 bits per heavy atom. The van der Waals surface area contributed by atoms with Crippen molar-refractivity contribution in [3.05, 3.63) is 42.5 Å². The van der Waals surface area contributed by atoms with Crippen molar-refractivity contribution in [1.82, 2.24) is 15.6 Å². The van der Waals surface area contributed by atoms with Crippen molar-refractivity contribution in [1.29, 1.82) is 0 Å². The van der Waals surface area contributed by atoms with E-state index in [4.69, 9.17) is 4.42 Å². The van der Waals surface area contributed by atoms with Gasteiger partial charge in [-0.15, -0.1) is 0 Å². The fourth-order valence-electron chi connectivity index (χ4n) is 1.52. The molecule has 0 spiro atoms. The lowest BCUT2D eigenvalue weighted by Gasteiger charge is -2.05. The van der Waals surface area contributed by atoms with Crippen LogP contribution < -0.4 is 10.6 Å². The summed E-state index contributed by atoms with van der Waals surface area (Å²) in [6.45, 7) is 2.95. The standard InChI is InChI=1S/C13H15N3O2/c1-2-14-13(17)16-8-10-3-4-12(15-7-10)11-5-6-18-9-11/h3-7,9H,2,8H2,1H3,(H2,14,16,17). The molecule has 2 aromatic heterocycles. The van der Waals surface area contributed by atoms with Crippen LogP contribution in [0.3, 0.4) is 0 Å². The molecule has 5 nitrogen and oxygen atoms in total. The molecule has 0 unspecified atom stereocenters. The van der Waals surface area contributed by atoms with E-state index in [0.717, 1.165) is 16.8 Å². The van der Waals surface area contributed by atoms with E-state index in [1.54, 1.807) is 18.7 Å². The molecule has 94 valence electrons. The molecule has 0 aliphatic rings. The van der Waals surface area contributed by atoms with Crippen LogP contribution in [0.5, 0.6) is 0 Å². The fraction of sp³-hybridized carbons (Fsp3) is 0.231. The van der Waals surface area contributed by atoms with Crippen LogP contribution in [-0.2, 0) is 6.54 Å². The van der Waals surface area contributed by atoms with Gasteiger partial charge < -0.3 is 15.1 Å². The Bertz CT molecular complexity index is 491. The van der Waals surface area contributed by atoms with Gasteiger partial charge in [0.05, 0.1) is 18.2 Å². The summed E-state index contributed by atoms with van der Waals surface area (Å²) < 4.78 is 5.00. The molecule has 2 N–H and O–H groups in total. The van der Waals surface area contributed by atoms with Gasteiger partial charge >= 0.3 is 6.03 Å². The first kappa shape index (κ1) is 12.2. The van der Waals surface area contributed by atoms with E-state index in [-0.39, 0.29) is 6.03 Å². The summed E-state index contributed by atoms with van der Waals surface area (Å²) in [7, 11) is 0. The van der Waals surface area contributed by atoms with Crippen molar-refractivity contribution in [3.8, 4) is 11.3 Å². The number of furan rings is 1. The molecule has 2 heterocycles. The summed E-state index contributed by atoms with van der Waals surface area (Å²) in [5, 5.41) is 5.41. The largest absolute Gasteiger partial charge is 0.472 e. The topological polar surface area (TPSA) is 67.2 Å². The average Bonchev–Trinajstić information content (AvgIpc) is 2.91. The minimum absolute atomic E-state index is 0.170. The maximum absolute atomic E-state index is 11.2. The number of carbonyl (C=O) groups excluding carboxylic acids is 1. The van der Waals surface area contributed by atoms with Crippen molar-refractivity contribution in [2.24, 2.45) is 0 Å². The number of hydrogen-bond donors (Lipinski definition) is 2. The summed E-state index contributed by atoms with van der Waals surface area (Å²) in [4.78, 5) is 15.5. The highest BCUT2D eigenvalue weighted by atomic mass is 16.3. The third-order valence-corrected chi connectivity index (χ3v) is 2.43. The normalized spacial score (nSPS) is 10.1. The van der Waals surface area contributed by atoms with Crippen LogP contribution in [0.25, 0.3) is 11.3 Å². The van der Waals surface area contributed by atoms with Gasteiger partial charge in [0.1, 0.15) is 0 Å². The van der Waals surface area contributed by atoms with Crippen LogP contribution in [0.15, 0.2) is 41.3 Å². The number of aromatic nitrogens is 1. The first-order valence-corrected chi connectivity index (χ1v) is 5.79. The summed E-state index contributed by atoms with van der Waals surface area (Å²) in [6.07, 6.45) is 5.01. The zero-order valence-corrected chi connectivity index (χ0v) is 10.1. The maximum Gasteiger partial charge on any atom is 0.315 e. The van der Waals surface area contributed by atoms with Gasteiger partial charge in [-0.1, -0.05) is 6.07 Å². The van der Waals surface area contributed by atoms with Gasteiger partial charge in [-0.25, -0.2) is 4.79 Å². The molecule has 0 saturated carbocycles. The Morgan fingerprint density at radius 3 is 2.83 bits per heavy atom. The number of urea groups is 1. The molecular weight excluding hydrogens is 230 g/mol. The Hall–Kier alpha value is -2.30. The molecule has 0 saturated heterocycles. The molecule has 0 aliphatic carbocycles. The minimum Gasteiger partial charge on any atom is -0.472 e.